The molecule has 3 nitrogen and oxygen atoms in total. The van der Waals surface area contributed by atoms with Crippen LogP contribution in [0.3, 0.4) is 0 Å². The summed E-state index contributed by atoms with van der Waals surface area (Å²) in [7, 11) is 0. The van der Waals surface area contributed by atoms with E-state index in [9.17, 15) is 4.79 Å². The second kappa shape index (κ2) is 5.10. The van der Waals surface area contributed by atoms with Gasteiger partial charge in [-0.1, -0.05) is 32.0 Å². The number of para-hydroxylation sites is 1. The molecule has 1 amide bonds. The van der Waals surface area contributed by atoms with Gasteiger partial charge in [-0.3, -0.25) is 9.78 Å². The third-order valence-electron chi connectivity index (χ3n) is 1.87. The van der Waals surface area contributed by atoms with Gasteiger partial charge in [0.2, 0.25) is 5.91 Å². The Morgan fingerprint density at radius 1 is 1.27 bits per heavy atom. The molecule has 78 valence electrons. The average Bonchev–Trinajstić information content (AvgIpc) is 2.31. The molecular weight excluding hydrogens is 188 g/mol. The number of pyridine rings is 1. The summed E-state index contributed by atoms with van der Waals surface area (Å²) in [5.41, 5.74) is 6.44. The van der Waals surface area contributed by atoms with E-state index >= 15 is 0 Å². The summed E-state index contributed by atoms with van der Waals surface area (Å²) in [6.45, 7) is 4.00. The Balaban J connectivity index is 0.000000531. The molecular formula is C12H14N2O. The molecule has 0 spiro atoms. The number of aromatic nitrogens is 1. The quantitative estimate of drug-likeness (QED) is 0.771. The lowest BCUT2D eigenvalue weighted by atomic mass is 10.1. The van der Waals surface area contributed by atoms with Gasteiger partial charge in [-0.25, -0.2) is 0 Å². The Morgan fingerprint density at radius 2 is 1.93 bits per heavy atom. The lowest BCUT2D eigenvalue weighted by Crippen LogP contribution is -2.10. The molecule has 0 fully saturated rings. The fraction of sp³-hybridized carbons (Fsp3) is 0.167. The van der Waals surface area contributed by atoms with Gasteiger partial charge in [-0.2, -0.15) is 0 Å². The number of benzene rings is 1. The van der Waals surface area contributed by atoms with Gasteiger partial charge in [0.05, 0.1) is 11.1 Å². The normalized spacial score (nSPS) is 9.20. The maximum Gasteiger partial charge on any atom is 0.250 e. The molecule has 2 rings (SSSR count). The van der Waals surface area contributed by atoms with Gasteiger partial charge in [-0.05, 0) is 12.1 Å². The highest BCUT2D eigenvalue weighted by atomic mass is 16.1. The molecule has 1 aromatic heterocycles. The molecule has 1 aromatic carbocycles. The lowest BCUT2D eigenvalue weighted by Gasteiger charge is -1.97. The predicted octanol–water partition coefficient (Wildman–Crippen LogP) is 2.36. The minimum atomic E-state index is -0.446. The van der Waals surface area contributed by atoms with Crippen molar-refractivity contribution in [1.29, 1.82) is 0 Å². The molecule has 3 heteroatoms. The first-order chi connectivity index (χ1) is 7.27. The molecule has 2 aromatic rings. The van der Waals surface area contributed by atoms with Crippen LogP contribution in [0.15, 0.2) is 36.5 Å². The SMILES string of the molecule is CC.NC(=O)c1cnc2ccccc2c1. The standard InChI is InChI=1S/C10H8N2O.C2H6/c11-10(13)8-5-7-3-1-2-4-9(7)12-6-8;1-2/h1-6H,(H2,11,13);1-2H3. The zero-order chi connectivity index (χ0) is 11.3. The topological polar surface area (TPSA) is 56.0 Å². The second-order valence-electron chi connectivity index (χ2n) is 2.78. The predicted molar refractivity (Wildman–Crippen MR) is 61.6 cm³/mol. The van der Waals surface area contributed by atoms with Crippen molar-refractivity contribution in [3.8, 4) is 0 Å². The smallest absolute Gasteiger partial charge is 0.250 e. The van der Waals surface area contributed by atoms with Crippen LogP contribution in [0.1, 0.15) is 24.2 Å². The Labute approximate surface area is 88.9 Å². The molecule has 0 aliphatic heterocycles. The molecule has 0 unspecified atom stereocenters. The van der Waals surface area contributed by atoms with Crippen LogP contribution >= 0.6 is 0 Å². The van der Waals surface area contributed by atoms with E-state index in [1.165, 1.54) is 6.20 Å². The van der Waals surface area contributed by atoms with Crippen LogP contribution in [0.5, 0.6) is 0 Å². The maximum absolute atomic E-state index is 10.8. The highest BCUT2D eigenvalue weighted by Crippen LogP contribution is 2.11. The average molecular weight is 202 g/mol. The number of amides is 1. The molecule has 2 N–H and O–H groups in total. The molecule has 0 atom stereocenters. The van der Waals surface area contributed by atoms with E-state index in [1.807, 2.05) is 38.1 Å². The Bertz CT molecular complexity index is 466. The molecule has 0 saturated carbocycles. The molecule has 0 saturated heterocycles. The van der Waals surface area contributed by atoms with Gasteiger partial charge < -0.3 is 5.73 Å². The minimum absolute atomic E-state index is 0.443. The summed E-state index contributed by atoms with van der Waals surface area (Å²) in [6, 6.07) is 9.33. The number of hydrogen-bond donors (Lipinski definition) is 1. The van der Waals surface area contributed by atoms with Crippen molar-refractivity contribution in [2.24, 2.45) is 5.73 Å². The molecule has 0 radical (unpaired) electrons. The van der Waals surface area contributed by atoms with Crippen molar-refractivity contribution in [3.05, 3.63) is 42.1 Å². The van der Waals surface area contributed by atoms with Crippen LogP contribution in [0, 0.1) is 0 Å². The van der Waals surface area contributed by atoms with Crippen molar-refractivity contribution >= 4 is 16.8 Å². The van der Waals surface area contributed by atoms with Crippen LogP contribution in [0.4, 0.5) is 0 Å². The Kier molecular flexibility index (Phi) is 3.80. The van der Waals surface area contributed by atoms with E-state index in [2.05, 4.69) is 4.98 Å². The summed E-state index contributed by atoms with van der Waals surface area (Å²) in [5.74, 6) is -0.446. The van der Waals surface area contributed by atoms with E-state index < -0.39 is 5.91 Å². The van der Waals surface area contributed by atoms with E-state index in [4.69, 9.17) is 5.73 Å². The van der Waals surface area contributed by atoms with Crippen LogP contribution in [0.2, 0.25) is 0 Å². The van der Waals surface area contributed by atoms with E-state index in [-0.39, 0.29) is 0 Å². The number of carbonyl (C=O) groups excluding carboxylic acids is 1. The number of nitrogens with two attached hydrogens (primary N) is 1. The third-order valence-corrected chi connectivity index (χ3v) is 1.87. The van der Waals surface area contributed by atoms with E-state index in [0.29, 0.717) is 5.56 Å². The zero-order valence-corrected chi connectivity index (χ0v) is 8.90. The van der Waals surface area contributed by atoms with Gasteiger partial charge in [-0.15, -0.1) is 0 Å². The van der Waals surface area contributed by atoms with E-state index in [1.54, 1.807) is 6.07 Å². The van der Waals surface area contributed by atoms with E-state index in [0.717, 1.165) is 10.9 Å². The molecule has 15 heavy (non-hydrogen) atoms. The fourth-order valence-electron chi connectivity index (χ4n) is 1.21. The molecule has 1 heterocycles. The number of hydrogen-bond acceptors (Lipinski definition) is 2. The van der Waals surface area contributed by atoms with Crippen molar-refractivity contribution in [3.63, 3.8) is 0 Å². The van der Waals surface area contributed by atoms with Gasteiger partial charge in [0.1, 0.15) is 0 Å². The van der Waals surface area contributed by atoms with Crippen LogP contribution < -0.4 is 5.73 Å². The van der Waals surface area contributed by atoms with Crippen molar-refractivity contribution in [2.75, 3.05) is 0 Å². The summed E-state index contributed by atoms with van der Waals surface area (Å²) in [4.78, 5) is 14.9. The largest absolute Gasteiger partial charge is 0.366 e. The van der Waals surface area contributed by atoms with Gasteiger partial charge in [0.25, 0.3) is 0 Å². The second-order valence-corrected chi connectivity index (χ2v) is 2.78. The van der Waals surface area contributed by atoms with Crippen LogP contribution in [-0.2, 0) is 0 Å². The highest BCUT2D eigenvalue weighted by molar-refractivity contribution is 5.96. The van der Waals surface area contributed by atoms with Crippen molar-refractivity contribution in [2.45, 2.75) is 13.8 Å². The zero-order valence-electron chi connectivity index (χ0n) is 8.90. The van der Waals surface area contributed by atoms with Gasteiger partial charge in [0, 0.05) is 11.6 Å². The Hall–Kier alpha value is -1.90. The number of primary amides is 1. The van der Waals surface area contributed by atoms with Gasteiger partial charge in [0.15, 0.2) is 0 Å². The first-order valence-corrected chi connectivity index (χ1v) is 4.92. The third kappa shape index (κ3) is 2.53. The number of nitrogens with zero attached hydrogens (tertiary/aromatic N) is 1. The first kappa shape index (κ1) is 11.2. The van der Waals surface area contributed by atoms with Crippen molar-refractivity contribution in [1.82, 2.24) is 4.98 Å². The number of rotatable bonds is 1. The Morgan fingerprint density at radius 3 is 2.60 bits per heavy atom. The highest BCUT2D eigenvalue weighted by Gasteiger charge is 2.01. The number of carbonyl (C=O) groups is 1. The monoisotopic (exact) mass is 202 g/mol. The summed E-state index contributed by atoms with van der Waals surface area (Å²) in [5, 5.41) is 0.929. The van der Waals surface area contributed by atoms with Crippen LogP contribution in [-0.4, -0.2) is 10.9 Å². The minimum Gasteiger partial charge on any atom is -0.366 e. The molecule has 0 bridgehead atoms. The van der Waals surface area contributed by atoms with Crippen molar-refractivity contribution < 1.29 is 4.79 Å². The molecule has 0 aliphatic rings. The lowest BCUT2D eigenvalue weighted by molar-refractivity contribution is 0.1000. The summed E-state index contributed by atoms with van der Waals surface area (Å²) >= 11 is 0. The van der Waals surface area contributed by atoms with Gasteiger partial charge >= 0.3 is 0 Å². The molecule has 0 aliphatic carbocycles. The number of fused-ring (bicyclic) bond motifs is 1. The fourth-order valence-corrected chi connectivity index (χ4v) is 1.21. The first-order valence-electron chi connectivity index (χ1n) is 4.92. The maximum atomic E-state index is 10.8. The summed E-state index contributed by atoms with van der Waals surface area (Å²) in [6.07, 6.45) is 1.49. The summed E-state index contributed by atoms with van der Waals surface area (Å²) < 4.78 is 0. The van der Waals surface area contributed by atoms with Crippen LogP contribution in [0.25, 0.3) is 10.9 Å².